The lowest BCUT2D eigenvalue weighted by atomic mass is 10.0. The fourth-order valence-electron chi connectivity index (χ4n) is 2.75. The second-order valence-electron chi connectivity index (χ2n) is 8.04. The first kappa shape index (κ1) is 20.3. The number of likely N-dealkylation sites (tertiary alicyclic amines) is 1. The van der Waals surface area contributed by atoms with Crippen LogP contribution in [0.25, 0.3) is 0 Å². The highest BCUT2D eigenvalue weighted by Gasteiger charge is 2.24. The minimum Gasteiger partial charge on any atom is -0.444 e. The standard InChI is InChI=1S/C19H31N3O4/c1-19(2,3)26-18(25)20-11-8-16(23)21-15-9-12-22(13-10-15)17(24)7-6-14-4-5-14/h6-7,14-15H,4-5,8-13H2,1-3H3,(H,20,25)(H,21,23)/b7-6+. The zero-order valence-electron chi connectivity index (χ0n) is 16.0. The lowest BCUT2D eigenvalue weighted by molar-refractivity contribution is -0.127. The number of hydrogen-bond donors (Lipinski definition) is 2. The van der Waals surface area contributed by atoms with E-state index in [0.717, 1.165) is 12.8 Å². The maximum Gasteiger partial charge on any atom is 0.407 e. The molecule has 3 amide bonds. The Kier molecular flexibility index (Phi) is 7.06. The van der Waals surface area contributed by atoms with E-state index < -0.39 is 11.7 Å². The molecule has 1 heterocycles. The lowest BCUT2D eigenvalue weighted by Crippen LogP contribution is -2.46. The van der Waals surface area contributed by atoms with Gasteiger partial charge in [0.15, 0.2) is 0 Å². The second-order valence-corrected chi connectivity index (χ2v) is 8.04. The maximum absolute atomic E-state index is 12.1. The zero-order chi connectivity index (χ0) is 19.2. The molecule has 146 valence electrons. The third-order valence-corrected chi connectivity index (χ3v) is 4.33. The fraction of sp³-hybridized carbons (Fsp3) is 0.737. The molecule has 0 bridgehead atoms. The molecule has 0 aromatic heterocycles. The van der Waals surface area contributed by atoms with Crippen LogP contribution in [0.5, 0.6) is 0 Å². The highest BCUT2D eigenvalue weighted by Crippen LogP contribution is 2.30. The van der Waals surface area contributed by atoms with Crippen LogP contribution in [0.1, 0.15) is 52.9 Å². The predicted octanol–water partition coefficient (Wildman–Crippen LogP) is 1.97. The molecule has 0 unspecified atom stereocenters. The van der Waals surface area contributed by atoms with Crippen molar-refractivity contribution in [1.82, 2.24) is 15.5 Å². The summed E-state index contributed by atoms with van der Waals surface area (Å²) < 4.78 is 5.12. The first-order valence-corrected chi connectivity index (χ1v) is 9.46. The molecular formula is C19H31N3O4. The molecule has 2 N–H and O–H groups in total. The van der Waals surface area contributed by atoms with Crippen LogP contribution in [-0.4, -0.2) is 54.1 Å². The Morgan fingerprint density at radius 1 is 1.12 bits per heavy atom. The molecule has 7 nitrogen and oxygen atoms in total. The number of nitrogens with one attached hydrogen (secondary N) is 2. The number of alkyl carbamates (subject to hydrolysis) is 1. The Hall–Kier alpha value is -2.05. The van der Waals surface area contributed by atoms with Crippen molar-refractivity contribution in [2.75, 3.05) is 19.6 Å². The summed E-state index contributed by atoms with van der Waals surface area (Å²) in [4.78, 5) is 37.4. The molecule has 1 aliphatic carbocycles. The number of carbonyl (C=O) groups is 3. The summed E-state index contributed by atoms with van der Waals surface area (Å²) >= 11 is 0. The average Bonchev–Trinajstić information content (AvgIpc) is 3.36. The van der Waals surface area contributed by atoms with E-state index >= 15 is 0 Å². The normalized spacial score (nSPS) is 18.7. The minimum absolute atomic E-state index is 0.0724. The van der Waals surface area contributed by atoms with Crippen molar-refractivity contribution >= 4 is 17.9 Å². The molecule has 1 aliphatic heterocycles. The van der Waals surface area contributed by atoms with Gasteiger partial charge in [0.25, 0.3) is 0 Å². The van der Waals surface area contributed by atoms with E-state index in [0.29, 0.717) is 19.0 Å². The number of amides is 3. The SMILES string of the molecule is CC(C)(C)OC(=O)NCCC(=O)NC1CCN(C(=O)/C=C/C2CC2)CC1. The molecule has 2 rings (SSSR count). The molecule has 2 aliphatic rings. The summed E-state index contributed by atoms with van der Waals surface area (Å²) in [5.41, 5.74) is -0.550. The Morgan fingerprint density at radius 3 is 2.35 bits per heavy atom. The van der Waals surface area contributed by atoms with Crippen molar-refractivity contribution in [1.29, 1.82) is 0 Å². The minimum atomic E-state index is -0.550. The van der Waals surface area contributed by atoms with Gasteiger partial charge in [-0.3, -0.25) is 9.59 Å². The number of rotatable bonds is 6. The number of carbonyl (C=O) groups excluding carboxylic acids is 3. The van der Waals surface area contributed by atoms with Gasteiger partial charge in [0.1, 0.15) is 5.60 Å². The van der Waals surface area contributed by atoms with Crippen LogP contribution in [0, 0.1) is 5.92 Å². The molecule has 7 heteroatoms. The molecule has 1 saturated carbocycles. The van der Waals surface area contributed by atoms with Crippen LogP contribution in [-0.2, 0) is 14.3 Å². The topological polar surface area (TPSA) is 87.7 Å². The molecule has 1 saturated heterocycles. The summed E-state index contributed by atoms with van der Waals surface area (Å²) in [5, 5.41) is 5.55. The summed E-state index contributed by atoms with van der Waals surface area (Å²) in [6.45, 7) is 6.93. The molecular weight excluding hydrogens is 334 g/mol. The van der Waals surface area contributed by atoms with Crippen molar-refractivity contribution in [2.24, 2.45) is 5.92 Å². The number of nitrogens with zero attached hydrogens (tertiary/aromatic N) is 1. The average molecular weight is 365 g/mol. The quantitative estimate of drug-likeness (QED) is 0.705. The van der Waals surface area contributed by atoms with E-state index in [1.807, 2.05) is 11.0 Å². The zero-order valence-corrected chi connectivity index (χ0v) is 16.0. The van der Waals surface area contributed by atoms with E-state index in [9.17, 15) is 14.4 Å². The van der Waals surface area contributed by atoms with Crippen LogP contribution in [0.4, 0.5) is 4.79 Å². The third kappa shape index (κ3) is 7.89. The Bertz CT molecular complexity index is 541. The fourth-order valence-corrected chi connectivity index (χ4v) is 2.75. The Morgan fingerprint density at radius 2 is 1.77 bits per heavy atom. The highest BCUT2D eigenvalue weighted by molar-refractivity contribution is 5.87. The largest absolute Gasteiger partial charge is 0.444 e. The van der Waals surface area contributed by atoms with Gasteiger partial charge in [-0.15, -0.1) is 0 Å². The van der Waals surface area contributed by atoms with Gasteiger partial charge in [-0.05, 0) is 58.4 Å². The third-order valence-electron chi connectivity index (χ3n) is 4.33. The summed E-state index contributed by atoms with van der Waals surface area (Å²) in [5.74, 6) is 0.577. The number of ether oxygens (including phenoxy) is 1. The molecule has 0 radical (unpaired) electrons. The monoisotopic (exact) mass is 365 g/mol. The van der Waals surface area contributed by atoms with E-state index in [1.54, 1.807) is 26.8 Å². The smallest absolute Gasteiger partial charge is 0.407 e. The van der Waals surface area contributed by atoms with Crippen LogP contribution >= 0.6 is 0 Å². The lowest BCUT2D eigenvalue weighted by Gasteiger charge is -2.31. The Balaban J connectivity index is 1.58. The van der Waals surface area contributed by atoms with Crippen molar-refractivity contribution in [3.8, 4) is 0 Å². The maximum atomic E-state index is 12.1. The van der Waals surface area contributed by atoms with E-state index in [2.05, 4.69) is 10.6 Å². The second kappa shape index (κ2) is 9.05. The van der Waals surface area contributed by atoms with Gasteiger partial charge in [-0.2, -0.15) is 0 Å². The van der Waals surface area contributed by atoms with Gasteiger partial charge in [0.2, 0.25) is 11.8 Å². The van der Waals surface area contributed by atoms with Gasteiger partial charge in [0, 0.05) is 32.1 Å². The van der Waals surface area contributed by atoms with Crippen molar-refractivity contribution in [3.63, 3.8) is 0 Å². The molecule has 2 fully saturated rings. The molecule has 26 heavy (non-hydrogen) atoms. The van der Waals surface area contributed by atoms with Gasteiger partial charge >= 0.3 is 6.09 Å². The van der Waals surface area contributed by atoms with Crippen molar-refractivity contribution in [3.05, 3.63) is 12.2 Å². The number of allylic oxidation sites excluding steroid dienone is 1. The highest BCUT2D eigenvalue weighted by atomic mass is 16.6. The van der Waals surface area contributed by atoms with Gasteiger partial charge in [-0.1, -0.05) is 6.08 Å². The first-order chi connectivity index (χ1) is 12.2. The van der Waals surface area contributed by atoms with Gasteiger partial charge in [0.05, 0.1) is 0 Å². The van der Waals surface area contributed by atoms with Crippen molar-refractivity contribution in [2.45, 2.75) is 64.5 Å². The number of piperidine rings is 1. The molecule has 0 aromatic carbocycles. The van der Waals surface area contributed by atoms with Crippen LogP contribution < -0.4 is 10.6 Å². The van der Waals surface area contributed by atoms with E-state index in [1.165, 1.54) is 12.8 Å². The molecule has 0 spiro atoms. The van der Waals surface area contributed by atoms with Crippen LogP contribution in [0.3, 0.4) is 0 Å². The van der Waals surface area contributed by atoms with Crippen LogP contribution in [0.15, 0.2) is 12.2 Å². The predicted molar refractivity (Wildman–Crippen MR) is 98.5 cm³/mol. The molecule has 0 atom stereocenters. The summed E-state index contributed by atoms with van der Waals surface area (Å²) in [7, 11) is 0. The van der Waals surface area contributed by atoms with E-state index in [-0.39, 0.29) is 30.8 Å². The van der Waals surface area contributed by atoms with Crippen molar-refractivity contribution < 1.29 is 19.1 Å². The summed E-state index contributed by atoms with van der Waals surface area (Å²) in [6.07, 6.45) is 7.30. The number of hydrogen-bond acceptors (Lipinski definition) is 4. The van der Waals surface area contributed by atoms with E-state index in [4.69, 9.17) is 4.74 Å². The summed E-state index contributed by atoms with van der Waals surface area (Å²) in [6, 6.07) is 0.0838. The molecule has 0 aromatic rings. The van der Waals surface area contributed by atoms with Gasteiger partial charge in [-0.25, -0.2) is 4.79 Å². The van der Waals surface area contributed by atoms with Crippen LogP contribution in [0.2, 0.25) is 0 Å². The first-order valence-electron chi connectivity index (χ1n) is 9.46. The van der Waals surface area contributed by atoms with Gasteiger partial charge < -0.3 is 20.3 Å². The Labute approximate surface area is 155 Å².